The first-order valence-electron chi connectivity index (χ1n) is 6.63. The predicted molar refractivity (Wildman–Crippen MR) is 77.3 cm³/mol. The van der Waals surface area contributed by atoms with Crippen molar-refractivity contribution in [1.82, 2.24) is 10.1 Å². The minimum Gasteiger partial charge on any atom is -0.391 e. The van der Waals surface area contributed by atoms with Gasteiger partial charge in [-0.05, 0) is 6.92 Å². The molecule has 3 heterocycles. The number of aromatic nitrogens is 2. The lowest BCUT2D eigenvalue weighted by molar-refractivity contribution is 0.0996. The summed E-state index contributed by atoms with van der Waals surface area (Å²) in [5, 5.41) is 16.4. The van der Waals surface area contributed by atoms with E-state index in [1.807, 2.05) is 17.9 Å². The Bertz CT molecular complexity index is 653. The molecule has 0 radical (unpaired) electrons. The van der Waals surface area contributed by atoms with E-state index in [1.165, 1.54) is 11.3 Å². The molecule has 0 spiro atoms. The molecular formula is C13H16N4O3S. The first kappa shape index (κ1) is 14.0. The molecule has 3 rings (SSSR count). The van der Waals surface area contributed by atoms with Gasteiger partial charge in [0.25, 0.3) is 5.91 Å². The van der Waals surface area contributed by atoms with Crippen LogP contribution in [0.5, 0.6) is 0 Å². The number of carbonyl (C=O) groups excluding carboxylic acids is 1. The highest BCUT2D eigenvalue weighted by molar-refractivity contribution is 7.13. The average Bonchev–Trinajstić information content (AvgIpc) is 3.11. The van der Waals surface area contributed by atoms with Crippen molar-refractivity contribution in [1.29, 1.82) is 0 Å². The van der Waals surface area contributed by atoms with Crippen LogP contribution in [-0.2, 0) is 6.42 Å². The molecule has 8 heteroatoms. The summed E-state index contributed by atoms with van der Waals surface area (Å²) in [6.45, 7) is 3.02. The standard InChI is InChI=1S/C13H16N4O3S/c1-7-2-9(20-16-7)3-8-4-17(5-11(8)18)13-15-10(6-21-13)12(14)19/h2,6,8,11,18H,3-5H2,1H3,(H2,14,19)/t8-,11+/m1/s1. The zero-order valence-corrected chi connectivity index (χ0v) is 12.3. The van der Waals surface area contributed by atoms with E-state index in [2.05, 4.69) is 10.1 Å². The number of anilines is 1. The van der Waals surface area contributed by atoms with Gasteiger partial charge in [-0.1, -0.05) is 5.16 Å². The summed E-state index contributed by atoms with van der Waals surface area (Å²) in [4.78, 5) is 17.2. The van der Waals surface area contributed by atoms with Crippen molar-refractivity contribution in [2.24, 2.45) is 11.7 Å². The van der Waals surface area contributed by atoms with Gasteiger partial charge < -0.3 is 20.3 Å². The van der Waals surface area contributed by atoms with Gasteiger partial charge in [0.1, 0.15) is 11.5 Å². The quantitative estimate of drug-likeness (QED) is 0.856. The molecular weight excluding hydrogens is 292 g/mol. The number of nitrogens with two attached hydrogens (primary N) is 1. The number of β-amino-alcohol motifs (C(OH)–C–C–N with tert-alkyl or cyclic N) is 1. The van der Waals surface area contributed by atoms with Gasteiger partial charge in [0.05, 0.1) is 11.8 Å². The van der Waals surface area contributed by atoms with Crippen molar-refractivity contribution in [3.05, 3.63) is 28.6 Å². The maximum absolute atomic E-state index is 11.1. The van der Waals surface area contributed by atoms with Crippen LogP contribution in [0.3, 0.4) is 0 Å². The molecule has 112 valence electrons. The predicted octanol–water partition coefficient (Wildman–Crippen LogP) is 0.578. The second-order valence-corrected chi connectivity index (χ2v) is 6.09. The van der Waals surface area contributed by atoms with Crippen LogP contribution in [0, 0.1) is 12.8 Å². The zero-order valence-electron chi connectivity index (χ0n) is 11.5. The van der Waals surface area contributed by atoms with E-state index in [9.17, 15) is 9.90 Å². The number of aliphatic hydroxyl groups is 1. The Morgan fingerprint density at radius 3 is 3.05 bits per heavy atom. The molecule has 0 aromatic carbocycles. The lowest BCUT2D eigenvalue weighted by Gasteiger charge is -2.13. The Morgan fingerprint density at radius 2 is 2.43 bits per heavy atom. The Kier molecular flexibility index (Phi) is 3.64. The molecule has 0 saturated carbocycles. The molecule has 3 N–H and O–H groups in total. The maximum atomic E-state index is 11.1. The van der Waals surface area contributed by atoms with E-state index in [4.69, 9.17) is 10.3 Å². The van der Waals surface area contributed by atoms with E-state index in [0.29, 0.717) is 24.6 Å². The molecule has 1 aliphatic heterocycles. The number of hydrogen-bond donors (Lipinski definition) is 2. The van der Waals surface area contributed by atoms with Crippen molar-refractivity contribution >= 4 is 22.4 Å². The topological polar surface area (TPSA) is 105 Å². The van der Waals surface area contributed by atoms with Gasteiger partial charge in [-0.15, -0.1) is 11.3 Å². The highest BCUT2D eigenvalue weighted by Gasteiger charge is 2.33. The van der Waals surface area contributed by atoms with Crippen molar-refractivity contribution < 1.29 is 14.4 Å². The van der Waals surface area contributed by atoms with Crippen LogP contribution in [0.4, 0.5) is 5.13 Å². The van der Waals surface area contributed by atoms with E-state index < -0.39 is 12.0 Å². The largest absolute Gasteiger partial charge is 0.391 e. The number of thiazole rings is 1. The smallest absolute Gasteiger partial charge is 0.268 e. The number of aryl methyl sites for hydroxylation is 1. The summed E-state index contributed by atoms with van der Waals surface area (Å²) in [7, 11) is 0. The third kappa shape index (κ3) is 2.91. The summed E-state index contributed by atoms with van der Waals surface area (Å²) in [6.07, 6.45) is 0.170. The van der Waals surface area contributed by atoms with Crippen molar-refractivity contribution in [3.63, 3.8) is 0 Å². The molecule has 1 aliphatic rings. The fraction of sp³-hybridized carbons (Fsp3) is 0.462. The summed E-state index contributed by atoms with van der Waals surface area (Å²) in [5.74, 6) is 0.291. The van der Waals surface area contributed by atoms with Gasteiger partial charge >= 0.3 is 0 Å². The number of amides is 1. The molecule has 1 saturated heterocycles. The fourth-order valence-corrected chi connectivity index (χ4v) is 3.34. The lowest BCUT2D eigenvalue weighted by Crippen LogP contribution is -2.21. The Balaban J connectivity index is 1.68. The Labute approximate surface area is 125 Å². The molecule has 0 aliphatic carbocycles. The van der Waals surface area contributed by atoms with E-state index >= 15 is 0 Å². The van der Waals surface area contributed by atoms with Gasteiger partial charge in [0.2, 0.25) is 0 Å². The van der Waals surface area contributed by atoms with E-state index in [-0.39, 0.29) is 11.6 Å². The van der Waals surface area contributed by atoms with Crippen LogP contribution in [0.15, 0.2) is 16.0 Å². The number of primary amides is 1. The maximum Gasteiger partial charge on any atom is 0.268 e. The van der Waals surface area contributed by atoms with Crippen LogP contribution in [0.25, 0.3) is 0 Å². The molecule has 0 unspecified atom stereocenters. The third-order valence-corrected chi connectivity index (χ3v) is 4.46. The molecule has 21 heavy (non-hydrogen) atoms. The van der Waals surface area contributed by atoms with Crippen molar-refractivity contribution in [3.8, 4) is 0 Å². The van der Waals surface area contributed by atoms with Gasteiger partial charge in [0, 0.05) is 36.9 Å². The number of nitrogens with zero attached hydrogens (tertiary/aromatic N) is 3. The van der Waals surface area contributed by atoms with Crippen LogP contribution in [0.2, 0.25) is 0 Å². The highest BCUT2D eigenvalue weighted by Crippen LogP contribution is 2.29. The third-order valence-electron chi connectivity index (χ3n) is 3.56. The molecule has 2 aromatic heterocycles. The second kappa shape index (κ2) is 5.45. The second-order valence-electron chi connectivity index (χ2n) is 5.25. The minimum atomic E-state index is -0.536. The van der Waals surface area contributed by atoms with Crippen LogP contribution in [0.1, 0.15) is 21.9 Å². The first-order chi connectivity index (χ1) is 10.0. The fourth-order valence-electron chi connectivity index (χ4n) is 2.50. The summed E-state index contributed by atoms with van der Waals surface area (Å²) in [5.41, 5.74) is 6.30. The highest BCUT2D eigenvalue weighted by atomic mass is 32.1. The monoisotopic (exact) mass is 308 g/mol. The van der Waals surface area contributed by atoms with Crippen LogP contribution < -0.4 is 10.6 Å². The van der Waals surface area contributed by atoms with Gasteiger partial charge in [-0.2, -0.15) is 0 Å². The van der Waals surface area contributed by atoms with Crippen LogP contribution >= 0.6 is 11.3 Å². The van der Waals surface area contributed by atoms with Crippen molar-refractivity contribution in [2.75, 3.05) is 18.0 Å². The summed E-state index contributed by atoms with van der Waals surface area (Å²) < 4.78 is 5.20. The summed E-state index contributed by atoms with van der Waals surface area (Å²) >= 11 is 1.36. The number of carbonyl (C=O) groups is 1. The molecule has 0 bridgehead atoms. The number of aliphatic hydroxyl groups excluding tert-OH is 1. The molecule has 7 nitrogen and oxygen atoms in total. The Morgan fingerprint density at radius 1 is 1.62 bits per heavy atom. The molecule has 2 atom stereocenters. The summed E-state index contributed by atoms with van der Waals surface area (Å²) in [6, 6.07) is 1.88. The zero-order chi connectivity index (χ0) is 15.0. The SMILES string of the molecule is Cc1cc(C[C@@H]2CN(c3nc(C(N)=O)cs3)C[C@@H]2O)on1. The van der Waals surface area contributed by atoms with Gasteiger partial charge in [-0.25, -0.2) is 4.98 Å². The first-order valence-corrected chi connectivity index (χ1v) is 7.51. The van der Waals surface area contributed by atoms with Crippen LogP contribution in [-0.4, -0.2) is 40.3 Å². The molecule has 2 aromatic rings. The number of hydrogen-bond acceptors (Lipinski definition) is 7. The lowest BCUT2D eigenvalue weighted by atomic mass is 10.0. The average molecular weight is 308 g/mol. The Hall–Kier alpha value is -1.93. The minimum absolute atomic E-state index is 0.0540. The number of rotatable bonds is 4. The van der Waals surface area contributed by atoms with E-state index in [1.54, 1.807) is 5.38 Å². The molecule has 1 fully saturated rings. The van der Waals surface area contributed by atoms with E-state index in [0.717, 1.165) is 11.5 Å². The van der Waals surface area contributed by atoms with Gasteiger partial charge in [0.15, 0.2) is 5.13 Å². The normalized spacial score (nSPS) is 21.9. The van der Waals surface area contributed by atoms with Crippen molar-refractivity contribution in [2.45, 2.75) is 19.4 Å². The molecule has 1 amide bonds. The van der Waals surface area contributed by atoms with Gasteiger partial charge in [-0.3, -0.25) is 4.79 Å².